The zero-order valence-corrected chi connectivity index (χ0v) is 28.2. The van der Waals surface area contributed by atoms with Crippen LogP contribution < -0.4 is 4.74 Å². The second kappa shape index (κ2) is 16.8. The molecule has 2 heterocycles. The highest BCUT2D eigenvalue weighted by Crippen LogP contribution is 2.29. The van der Waals surface area contributed by atoms with Crippen molar-refractivity contribution in [2.45, 2.75) is 65.8 Å². The predicted octanol–water partition coefficient (Wildman–Crippen LogP) is 8.41. The summed E-state index contributed by atoms with van der Waals surface area (Å²) in [7, 11) is -3.66. The summed E-state index contributed by atoms with van der Waals surface area (Å²) in [4.78, 5) is 1.69. The van der Waals surface area contributed by atoms with E-state index in [9.17, 15) is 8.42 Å². The van der Waals surface area contributed by atoms with E-state index in [0.717, 1.165) is 79.1 Å². The molecule has 2 aliphatic rings. The summed E-state index contributed by atoms with van der Waals surface area (Å²) in [5.41, 5.74) is 3.90. The Morgan fingerprint density at radius 3 is 1.53 bits per heavy atom. The van der Waals surface area contributed by atoms with Crippen molar-refractivity contribution in [1.82, 2.24) is 0 Å². The fraction of sp³-hybridized carbons (Fsp3) is 0.368. The van der Waals surface area contributed by atoms with Crippen LogP contribution >= 0.6 is 11.8 Å². The minimum absolute atomic E-state index is 0.0550. The molecule has 2 unspecified atom stereocenters. The smallest absolute Gasteiger partial charge is 0.206 e. The van der Waals surface area contributed by atoms with Crippen LogP contribution in [0.1, 0.15) is 38.5 Å². The van der Waals surface area contributed by atoms with Crippen molar-refractivity contribution < 1.29 is 32.1 Å². The summed E-state index contributed by atoms with van der Waals surface area (Å²) < 4.78 is 55.4. The number of hydrogen-bond acceptors (Lipinski definition) is 8. The summed E-state index contributed by atoms with van der Waals surface area (Å²) in [5.74, 6) is 1.62. The van der Waals surface area contributed by atoms with E-state index in [2.05, 4.69) is 24.3 Å². The van der Waals surface area contributed by atoms with Gasteiger partial charge in [0.2, 0.25) is 9.84 Å². The molecular weight excluding hydrogens is 633 g/mol. The molecule has 2 atom stereocenters. The highest BCUT2D eigenvalue weighted by Gasteiger charge is 2.18. The van der Waals surface area contributed by atoms with Crippen molar-refractivity contribution in [1.29, 1.82) is 0 Å². The van der Waals surface area contributed by atoms with E-state index in [-0.39, 0.29) is 22.4 Å². The van der Waals surface area contributed by atoms with Gasteiger partial charge in [-0.25, -0.2) is 8.42 Å². The molecule has 4 aromatic carbocycles. The molecule has 2 saturated heterocycles. The van der Waals surface area contributed by atoms with E-state index >= 15 is 0 Å². The van der Waals surface area contributed by atoms with Crippen LogP contribution in [-0.4, -0.2) is 59.8 Å². The number of thioether (sulfide) groups is 1. The third-order valence-corrected chi connectivity index (χ3v) is 11.1. The minimum Gasteiger partial charge on any atom is -0.491 e. The van der Waals surface area contributed by atoms with Gasteiger partial charge in [-0.2, -0.15) is 0 Å². The molecule has 2 fully saturated rings. The third kappa shape index (κ3) is 9.47. The van der Waals surface area contributed by atoms with Gasteiger partial charge in [0.15, 0.2) is 12.6 Å². The Morgan fingerprint density at radius 1 is 0.574 bits per heavy atom. The molecule has 0 spiro atoms. The van der Waals surface area contributed by atoms with E-state index in [1.807, 2.05) is 48.5 Å². The summed E-state index contributed by atoms with van der Waals surface area (Å²) >= 11 is 1.75. The molecule has 4 aromatic rings. The molecule has 0 radical (unpaired) electrons. The summed E-state index contributed by atoms with van der Waals surface area (Å²) in [6, 6.07) is 30.2. The van der Waals surface area contributed by atoms with Crippen molar-refractivity contribution in [3.63, 3.8) is 0 Å². The maximum atomic E-state index is 13.4. The van der Waals surface area contributed by atoms with Crippen LogP contribution in [0.4, 0.5) is 0 Å². The Hall–Kier alpha value is -3.18. The highest BCUT2D eigenvalue weighted by atomic mass is 32.2. The monoisotopic (exact) mass is 674 g/mol. The average molecular weight is 675 g/mol. The number of sulfone groups is 1. The van der Waals surface area contributed by atoms with Crippen molar-refractivity contribution in [3.05, 3.63) is 97.1 Å². The van der Waals surface area contributed by atoms with Gasteiger partial charge in [0.1, 0.15) is 12.4 Å². The van der Waals surface area contributed by atoms with E-state index < -0.39 is 9.84 Å². The summed E-state index contributed by atoms with van der Waals surface area (Å²) in [6.07, 6.45) is 6.26. The van der Waals surface area contributed by atoms with Crippen LogP contribution in [0.25, 0.3) is 22.3 Å². The molecule has 0 bridgehead atoms. The second-order valence-electron chi connectivity index (χ2n) is 11.6. The van der Waals surface area contributed by atoms with Gasteiger partial charge in [-0.05, 0) is 109 Å². The molecule has 0 N–H and O–H groups in total. The first-order valence-electron chi connectivity index (χ1n) is 16.4. The van der Waals surface area contributed by atoms with Gasteiger partial charge in [-0.1, -0.05) is 48.5 Å². The van der Waals surface area contributed by atoms with Crippen LogP contribution in [0, 0.1) is 0 Å². The molecule has 7 nitrogen and oxygen atoms in total. The van der Waals surface area contributed by atoms with Crippen LogP contribution in [0.3, 0.4) is 0 Å². The Labute approximate surface area is 282 Å². The van der Waals surface area contributed by atoms with E-state index in [0.29, 0.717) is 19.8 Å². The number of benzene rings is 4. The molecule has 9 heteroatoms. The normalized spacial score (nSPS) is 18.6. The first-order chi connectivity index (χ1) is 23.0. The van der Waals surface area contributed by atoms with Crippen LogP contribution in [0.5, 0.6) is 5.75 Å². The van der Waals surface area contributed by atoms with Crippen molar-refractivity contribution in [2.24, 2.45) is 0 Å². The summed E-state index contributed by atoms with van der Waals surface area (Å²) in [6.45, 7) is 3.14. The lowest BCUT2D eigenvalue weighted by Gasteiger charge is -2.22. The van der Waals surface area contributed by atoms with E-state index in [1.165, 1.54) is 11.3 Å². The second-order valence-corrected chi connectivity index (χ2v) is 14.7. The van der Waals surface area contributed by atoms with Gasteiger partial charge in [-0.3, -0.25) is 0 Å². The first-order valence-corrected chi connectivity index (χ1v) is 18.9. The molecule has 0 saturated carbocycles. The van der Waals surface area contributed by atoms with Crippen molar-refractivity contribution in [2.75, 3.05) is 38.8 Å². The zero-order valence-electron chi connectivity index (χ0n) is 26.6. The van der Waals surface area contributed by atoms with Crippen molar-refractivity contribution >= 4 is 21.6 Å². The van der Waals surface area contributed by atoms with Crippen LogP contribution in [0.15, 0.2) is 112 Å². The molecule has 0 aliphatic carbocycles. The average Bonchev–Trinajstić information content (AvgIpc) is 3.13. The fourth-order valence-electron chi connectivity index (χ4n) is 5.64. The molecule has 248 valence electrons. The number of rotatable bonds is 14. The van der Waals surface area contributed by atoms with Crippen LogP contribution in [-0.2, 0) is 28.8 Å². The predicted molar refractivity (Wildman–Crippen MR) is 185 cm³/mol. The SMILES string of the molecule is O=S(=O)(c1ccc(-c2ccc(OCCOC3CCCCO3)cc2)cc1)c1ccc(-c2ccc(SCCOC3CCCCO3)cc2)cc1. The van der Waals surface area contributed by atoms with Gasteiger partial charge in [-0.15, -0.1) is 11.8 Å². The van der Waals surface area contributed by atoms with Gasteiger partial charge < -0.3 is 23.7 Å². The zero-order chi connectivity index (χ0) is 32.3. The van der Waals surface area contributed by atoms with Gasteiger partial charge in [0.05, 0.1) is 23.0 Å². The van der Waals surface area contributed by atoms with Gasteiger partial charge in [0, 0.05) is 23.9 Å². The minimum atomic E-state index is -3.66. The first kappa shape index (κ1) is 33.7. The Bertz CT molecular complexity index is 1510. The molecular formula is C38H42O7S2. The van der Waals surface area contributed by atoms with Crippen LogP contribution in [0.2, 0.25) is 0 Å². The Balaban J connectivity index is 0.987. The highest BCUT2D eigenvalue weighted by molar-refractivity contribution is 7.99. The maximum absolute atomic E-state index is 13.4. The lowest BCUT2D eigenvalue weighted by Crippen LogP contribution is -2.24. The Morgan fingerprint density at radius 2 is 1.04 bits per heavy atom. The summed E-state index contributed by atoms with van der Waals surface area (Å²) in [5, 5.41) is 0. The maximum Gasteiger partial charge on any atom is 0.206 e. The Kier molecular flexibility index (Phi) is 12.0. The third-order valence-electron chi connectivity index (χ3n) is 8.29. The lowest BCUT2D eigenvalue weighted by atomic mass is 10.1. The van der Waals surface area contributed by atoms with E-state index in [1.54, 1.807) is 36.0 Å². The van der Waals surface area contributed by atoms with Gasteiger partial charge in [0.25, 0.3) is 0 Å². The van der Waals surface area contributed by atoms with Gasteiger partial charge >= 0.3 is 0 Å². The largest absolute Gasteiger partial charge is 0.491 e. The van der Waals surface area contributed by atoms with Crippen molar-refractivity contribution in [3.8, 4) is 28.0 Å². The molecule has 0 aromatic heterocycles. The lowest BCUT2D eigenvalue weighted by molar-refractivity contribution is -0.165. The molecule has 2 aliphatic heterocycles. The number of ether oxygens (including phenoxy) is 5. The van der Waals surface area contributed by atoms with E-state index in [4.69, 9.17) is 23.7 Å². The quantitative estimate of drug-likeness (QED) is 0.0975. The molecule has 6 rings (SSSR count). The molecule has 47 heavy (non-hydrogen) atoms. The number of hydrogen-bond donors (Lipinski definition) is 0. The molecule has 0 amide bonds. The standard InChI is InChI=1S/C38H42O7S2/c39-47(40,35-19-11-31(12-20-35)29-7-15-33(16-8-29)41-25-26-44-37-5-1-3-23-42-37)36-21-13-32(14-22-36)30-9-17-34(18-10-30)46-28-27-45-38-6-2-4-24-43-38/h7-22,37-38H,1-6,23-28H2. The topological polar surface area (TPSA) is 80.3 Å². The fourth-order valence-corrected chi connectivity index (χ4v) is 7.64.